The van der Waals surface area contributed by atoms with Gasteiger partial charge in [0.25, 0.3) is 0 Å². The Kier molecular flexibility index (Phi) is 4.87. The maximum atomic E-state index is 12.8. The molecule has 6 heteroatoms. The molecule has 1 amide bonds. The van der Waals surface area contributed by atoms with Crippen LogP contribution in [-0.2, 0) is 20.2 Å². The largest absolute Gasteiger partial charge is 0.312 e. The second kappa shape index (κ2) is 6.24. The Hall–Kier alpha value is -1.40. The first-order valence-electron chi connectivity index (χ1n) is 8.14. The predicted molar refractivity (Wildman–Crippen MR) is 92.2 cm³/mol. The van der Waals surface area contributed by atoms with Gasteiger partial charge in [-0.25, -0.2) is 8.42 Å². The predicted octanol–water partition coefficient (Wildman–Crippen LogP) is 2.75. The van der Waals surface area contributed by atoms with E-state index in [2.05, 4.69) is 0 Å². The number of hydrogen-bond donors (Lipinski definition) is 0. The smallest absolute Gasteiger partial charge is 0.243 e. The summed E-state index contributed by atoms with van der Waals surface area (Å²) in [5.74, 6) is 0.0874. The Morgan fingerprint density at radius 1 is 1.17 bits per heavy atom. The van der Waals surface area contributed by atoms with E-state index in [9.17, 15) is 13.2 Å². The minimum absolute atomic E-state index is 0.0874. The Morgan fingerprint density at radius 2 is 1.78 bits per heavy atom. The van der Waals surface area contributed by atoms with Gasteiger partial charge < -0.3 is 4.90 Å². The standard InChI is InChI=1S/C17H26N2O3S/c1-6-18(7-2)23(21,22)13-9-10-15-14(11-13)17(4,5)12-16(20)19(15)8-3/h9-11H,6-8,12H2,1-5H3. The summed E-state index contributed by atoms with van der Waals surface area (Å²) in [6.07, 6.45) is 0.391. The van der Waals surface area contributed by atoms with Crippen molar-refractivity contribution < 1.29 is 13.2 Å². The van der Waals surface area contributed by atoms with Gasteiger partial charge in [-0.2, -0.15) is 4.31 Å². The van der Waals surface area contributed by atoms with Crippen molar-refractivity contribution >= 4 is 21.6 Å². The van der Waals surface area contributed by atoms with Crippen LogP contribution in [0, 0.1) is 0 Å². The summed E-state index contributed by atoms with van der Waals surface area (Å²) in [5, 5.41) is 0. The lowest BCUT2D eigenvalue weighted by Gasteiger charge is -2.38. The first-order valence-corrected chi connectivity index (χ1v) is 9.58. The molecule has 0 atom stereocenters. The number of fused-ring (bicyclic) bond motifs is 1. The van der Waals surface area contributed by atoms with Crippen LogP contribution in [0.2, 0.25) is 0 Å². The summed E-state index contributed by atoms with van der Waals surface area (Å²) >= 11 is 0. The lowest BCUT2D eigenvalue weighted by molar-refractivity contribution is -0.120. The van der Waals surface area contributed by atoms with E-state index >= 15 is 0 Å². The van der Waals surface area contributed by atoms with Crippen molar-refractivity contribution in [2.75, 3.05) is 24.5 Å². The van der Waals surface area contributed by atoms with Crippen LogP contribution < -0.4 is 4.90 Å². The van der Waals surface area contributed by atoms with E-state index in [-0.39, 0.29) is 11.3 Å². The third kappa shape index (κ3) is 3.02. The molecule has 0 saturated heterocycles. The minimum atomic E-state index is -3.49. The molecule has 1 heterocycles. The fourth-order valence-electron chi connectivity index (χ4n) is 3.22. The zero-order valence-electron chi connectivity index (χ0n) is 14.6. The molecule has 0 radical (unpaired) electrons. The summed E-state index contributed by atoms with van der Waals surface area (Å²) in [6.45, 7) is 11.1. The molecule has 2 rings (SSSR count). The number of nitrogens with zero attached hydrogens (tertiary/aromatic N) is 2. The van der Waals surface area contributed by atoms with Crippen molar-refractivity contribution in [2.45, 2.75) is 51.3 Å². The van der Waals surface area contributed by atoms with E-state index < -0.39 is 10.0 Å². The van der Waals surface area contributed by atoms with E-state index in [4.69, 9.17) is 0 Å². The lowest BCUT2D eigenvalue weighted by Crippen LogP contribution is -2.42. The maximum Gasteiger partial charge on any atom is 0.243 e. The van der Waals surface area contributed by atoms with Gasteiger partial charge in [0.2, 0.25) is 15.9 Å². The van der Waals surface area contributed by atoms with Gasteiger partial charge in [0, 0.05) is 37.2 Å². The van der Waals surface area contributed by atoms with Crippen molar-refractivity contribution in [2.24, 2.45) is 0 Å². The van der Waals surface area contributed by atoms with E-state index in [0.29, 0.717) is 31.0 Å². The van der Waals surface area contributed by atoms with Crippen molar-refractivity contribution in [3.05, 3.63) is 23.8 Å². The number of anilines is 1. The highest BCUT2D eigenvalue weighted by Gasteiger charge is 2.37. The Bertz CT molecular complexity index is 707. The van der Waals surface area contributed by atoms with Gasteiger partial charge in [0.05, 0.1) is 4.90 Å². The second-order valence-electron chi connectivity index (χ2n) is 6.47. The highest BCUT2D eigenvalue weighted by atomic mass is 32.2. The molecule has 0 unspecified atom stereocenters. The first-order chi connectivity index (χ1) is 10.7. The molecule has 1 aromatic rings. The van der Waals surface area contributed by atoms with E-state index in [1.165, 1.54) is 4.31 Å². The lowest BCUT2D eigenvalue weighted by atomic mass is 9.77. The molecule has 0 N–H and O–H groups in total. The van der Waals surface area contributed by atoms with E-state index in [1.54, 1.807) is 23.1 Å². The highest BCUT2D eigenvalue weighted by Crippen LogP contribution is 2.41. The molecule has 5 nitrogen and oxygen atoms in total. The normalized spacial score (nSPS) is 17.5. The number of hydrogen-bond acceptors (Lipinski definition) is 3. The van der Waals surface area contributed by atoms with Crippen molar-refractivity contribution in [3.63, 3.8) is 0 Å². The van der Waals surface area contributed by atoms with Crippen LogP contribution in [0.3, 0.4) is 0 Å². The third-order valence-corrected chi connectivity index (χ3v) is 6.59. The van der Waals surface area contributed by atoms with Crippen molar-refractivity contribution in [1.82, 2.24) is 4.31 Å². The molecular weight excluding hydrogens is 312 g/mol. The average molecular weight is 338 g/mol. The summed E-state index contributed by atoms with van der Waals surface area (Å²) in [6, 6.07) is 5.13. The van der Waals surface area contributed by atoms with Gasteiger partial charge in [-0.15, -0.1) is 0 Å². The Labute approximate surface area is 139 Å². The van der Waals surface area contributed by atoms with Gasteiger partial charge in [-0.3, -0.25) is 4.79 Å². The van der Waals surface area contributed by atoms with Gasteiger partial charge in [-0.05, 0) is 30.7 Å². The van der Waals surface area contributed by atoms with Gasteiger partial charge >= 0.3 is 0 Å². The fourth-order valence-corrected chi connectivity index (χ4v) is 4.70. The molecule has 0 aliphatic carbocycles. The molecule has 128 valence electrons. The minimum Gasteiger partial charge on any atom is -0.312 e. The quantitative estimate of drug-likeness (QED) is 0.829. The molecular formula is C17H26N2O3S. The number of rotatable bonds is 5. The topological polar surface area (TPSA) is 57.7 Å². The second-order valence-corrected chi connectivity index (χ2v) is 8.40. The Morgan fingerprint density at radius 3 is 2.30 bits per heavy atom. The van der Waals surface area contributed by atoms with Crippen LogP contribution in [-0.4, -0.2) is 38.3 Å². The van der Waals surface area contributed by atoms with Crippen LogP contribution in [0.5, 0.6) is 0 Å². The number of sulfonamides is 1. The van der Waals surface area contributed by atoms with Crippen LogP contribution in [0.25, 0.3) is 0 Å². The molecule has 1 aromatic carbocycles. The fraction of sp³-hybridized carbons (Fsp3) is 0.588. The van der Waals surface area contributed by atoms with Crippen molar-refractivity contribution in [3.8, 4) is 0 Å². The molecule has 0 bridgehead atoms. The zero-order valence-corrected chi connectivity index (χ0v) is 15.4. The summed E-state index contributed by atoms with van der Waals surface area (Å²) < 4.78 is 27.0. The summed E-state index contributed by atoms with van der Waals surface area (Å²) in [4.78, 5) is 14.3. The van der Waals surface area contributed by atoms with Gasteiger partial charge in [-0.1, -0.05) is 27.7 Å². The zero-order chi connectivity index (χ0) is 17.4. The van der Waals surface area contributed by atoms with E-state index in [0.717, 1.165) is 11.3 Å². The molecule has 23 heavy (non-hydrogen) atoms. The van der Waals surface area contributed by atoms with Crippen LogP contribution in [0.1, 0.15) is 46.6 Å². The molecule has 0 fully saturated rings. The number of benzene rings is 1. The Balaban J connectivity index is 2.61. The summed E-state index contributed by atoms with van der Waals surface area (Å²) in [5.41, 5.74) is 1.38. The van der Waals surface area contributed by atoms with Gasteiger partial charge in [0.1, 0.15) is 0 Å². The first kappa shape index (κ1) is 17.9. The average Bonchev–Trinajstić information content (AvgIpc) is 2.47. The monoisotopic (exact) mass is 338 g/mol. The molecule has 0 saturated carbocycles. The molecule has 1 aliphatic heterocycles. The number of carbonyl (C=O) groups excluding carboxylic acids is 1. The SMILES string of the molecule is CCN1C(=O)CC(C)(C)c2cc(S(=O)(=O)N(CC)CC)ccc21. The van der Waals surface area contributed by atoms with E-state index in [1.807, 2.05) is 34.6 Å². The molecule has 0 aromatic heterocycles. The summed E-state index contributed by atoms with van der Waals surface area (Å²) in [7, 11) is -3.49. The highest BCUT2D eigenvalue weighted by molar-refractivity contribution is 7.89. The van der Waals surface area contributed by atoms with Crippen molar-refractivity contribution in [1.29, 1.82) is 0 Å². The molecule has 0 spiro atoms. The van der Waals surface area contributed by atoms with Crippen LogP contribution >= 0.6 is 0 Å². The maximum absolute atomic E-state index is 12.8. The van der Waals surface area contributed by atoms with Gasteiger partial charge in [0.15, 0.2) is 0 Å². The number of amides is 1. The van der Waals surface area contributed by atoms with Crippen LogP contribution in [0.4, 0.5) is 5.69 Å². The third-order valence-electron chi connectivity index (χ3n) is 4.54. The number of carbonyl (C=O) groups is 1. The molecule has 1 aliphatic rings. The van der Waals surface area contributed by atoms with Crippen LogP contribution in [0.15, 0.2) is 23.1 Å².